The zero-order valence-electron chi connectivity index (χ0n) is 9.85. The molecular formula is C12H11BrN2O3. The molecule has 0 aliphatic carbocycles. The van der Waals surface area contributed by atoms with Crippen molar-refractivity contribution in [3.8, 4) is 11.6 Å². The Kier molecular flexibility index (Phi) is 3.38. The highest BCUT2D eigenvalue weighted by atomic mass is 79.9. The summed E-state index contributed by atoms with van der Waals surface area (Å²) in [5.74, 6) is -0.838. The Morgan fingerprint density at radius 1 is 1.44 bits per heavy atom. The Morgan fingerprint density at radius 3 is 2.67 bits per heavy atom. The molecule has 1 aromatic carbocycles. The number of rotatable bonds is 3. The van der Waals surface area contributed by atoms with E-state index in [2.05, 4.69) is 21.0 Å². The van der Waals surface area contributed by atoms with Gasteiger partial charge in [0.15, 0.2) is 0 Å². The molecule has 0 radical (unpaired) electrons. The summed E-state index contributed by atoms with van der Waals surface area (Å²) in [7, 11) is 1.43. The van der Waals surface area contributed by atoms with Gasteiger partial charge in [0, 0.05) is 4.47 Å². The van der Waals surface area contributed by atoms with E-state index < -0.39 is 5.97 Å². The minimum atomic E-state index is -1.05. The van der Waals surface area contributed by atoms with Crippen LogP contribution in [-0.2, 0) is 0 Å². The molecule has 0 amide bonds. The fraction of sp³-hybridized carbons (Fsp3) is 0.167. The molecule has 2 rings (SSSR count). The fourth-order valence-electron chi connectivity index (χ4n) is 1.73. The van der Waals surface area contributed by atoms with Crippen LogP contribution in [0.25, 0.3) is 5.69 Å². The number of hydrogen-bond donors (Lipinski definition) is 1. The van der Waals surface area contributed by atoms with Crippen molar-refractivity contribution in [2.75, 3.05) is 7.11 Å². The summed E-state index contributed by atoms with van der Waals surface area (Å²) >= 11 is 3.40. The van der Waals surface area contributed by atoms with E-state index >= 15 is 0 Å². The van der Waals surface area contributed by atoms with Crippen molar-refractivity contribution in [3.05, 3.63) is 40.0 Å². The number of para-hydroxylation sites is 1. The number of carboxylic acids is 1. The summed E-state index contributed by atoms with van der Waals surface area (Å²) in [6, 6.07) is 7.39. The van der Waals surface area contributed by atoms with Gasteiger partial charge in [-0.05, 0) is 35.0 Å². The van der Waals surface area contributed by atoms with Crippen molar-refractivity contribution in [2.24, 2.45) is 0 Å². The third kappa shape index (κ3) is 1.99. The Bertz CT molecular complexity index is 607. The van der Waals surface area contributed by atoms with Gasteiger partial charge in [-0.1, -0.05) is 12.1 Å². The summed E-state index contributed by atoms with van der Waals surface area (Å²) in [6.07, 6.45) is 0. The van der Waals surface area contributed by atoms with Gasteiger partial charge in [-0.2, -0.15) is 9.78 Å². The van der Waals surface area contributed by atoms with Crippen LogP contribution in [0.15, 0.2) is 28.7 Å². The molecule has 0 aliphatic rings. The van der Waals surface area contributed by atoms with Crippen LogP contribution in [0, 0.1) is 6.92 Å². The van der Waals surface area contributed by atoms with Gasteiger partial charge < -0.3 is 9.84 Å². The highest BCUT2D eigenvalue weighted by molar-refractivity contribution is 9.10. The molecule has 1 heterocycles. The summed E-state index contributed by atoms with van der Waals surface area (Å²) in [5, 5.41) is 13.4. The van der Waals surface area contributed by atoms with Crippen LogP contribution < -0.4 is 4.74 Å². The standard InChI is InChI=1S/C12H11BrN2O3/c1-7-10(12(16)17)11(18-2)15(14-7)9-6-4-3-5-8(9)13/h3-6H,1-2H3,(H,16,17). The van der Waals surface area contributed by atoms with Crippen molar-refractivity contribution in [1.29, 1.82) is 0 Å². The first kappa shape index (κ1) is 12.6. The maximum Gasteiger partial charge on any atom is 0.343 e. The number of aromatic nitrogens is 2. The van der Waals surface area contributed by atoms with Crippen LogP contribution in [0.1, 0.15) is 16.1 Å². The second kappa shape index (κ2) is 4.81. The second-order valence-electron chi connectivity index (χ2n) is 3.64. The lowest BCUT2D eigenvalue weighted by Crippen LogP contribution is -2.04. The minimum Gasteiger partial charge on any atom is -0.480 e. The van der Waals surface area contributed by atoms with Crippen molar-refractivity contribution < 1.29 is 14.6 Å². The predicted molar refractivity (Wildman–Crippen MR) is 69.5 cm³/mol. The van der Waals surface area contributed by atoms with Crippen LogP contribution in [0.3, 0.4) is 0 Å². The summed E-state index contributed by atoms with van der Waals surface area (Å²) < 4.78 is 7.45. The average Bonchev–Trinajstić information content (AvgIpc) is 2.66. The monoisotopic (exact) mass is 310 g/mol. The third-order valence-corrected chi connectivity index (χ3v) is 3.18. The molecule has 0 spiro atoms. The summed E-state index contributed by atoms with van der Waals surface area (Å²) in [6.45, 7) is 1.64. The smallest absolute Gasteiger partial charge is 0.343 e. The van der Waals surface area contributed by atoms with Crippen molar-refractivity contribution in [3.63, 3.8) is 0 Å². The van der Waals surface area contributed by atoms with E-state index in [1.165, 1.54) is 11.8 Å². The van der Waals surface area contributed by atoms with Gasteiger partial charge in [0.2, 0.25) is 5.88 Å². The quantitative estimate of drug-likeness (QED) is 0.946. The van der Waals surface area contributed by atoms with Crippen molar-refractivity contribution in [2.45, 2.75) is 6.92 Å². The molecule has 0 aliphatic heterocycles. The number of halogens is 1. The van der Waals surface area contributed by atoms with Gasteiger partial charge in [-0.3, -0.25) is 0 Å². The molecule has 1 N–H and O–H groups in total. The number of ether oxygens (including phenoxy) is 1. The fourth-order valence-corrected chi connectivity index (χ4v) is 2.18. The maximum atomic E-state index is 11.2. The Balaban J connectivity index is 2.70. The number of carboxylic acid groups (broad SMARTS) is 1. The SMILES string of the molecule is COc1c(C(=O)O)c(C)nn1-c1ccccc1Br. The lowest BCUT2D eigenvalue weighted by atomic mass is 10.2. The van der Waals surface area contributed by atoms with E-state index in [-0.39, 0.29) is 11.4 Å². The lowest BCUT2D eigenvalue weighted by Gasteiger charge is -2.08. The first-order valence-electron chi connectivity index (χ1n) is 5.18. The highest BCUT2D eigenvalue weighted by Gasteiger charge is 2.23. The molecule has 0 saturated heterocycles. The van der Waals surface area contributed by atoms with Crippen LogP contribution in [0.5, 0.6) is 5.88 Å². The van der Waals surface area contributed by atoms with Gasteiger partial charge in [-0.25, -0.2) is 4.79 Å². The summed E-state index contributed by atoms with van der Waals surface area (Å²) in [4.78, 5) is 11.2. The lowest BCUT2D eigenvalue weighted by molar-refractivity contribution is 0.0692. The number of carbonyl (C=O) groups is 1. The molecular weight excluding hydrogens is 300 g/mol. The van der Waals surface area contributed by atoms with Crippen LogP contribution in [0.2, 0.25) is 0 Å². The molecule has 2 aromatic rings. The Labute approximate surface area is 112 Å². The molecule has 5 nitrogen and oxygen atoms in total. The largest absolute Gasteiger partial charge is 0.480 e. The molecule has 1 aromatic heterocycles. The number of aryl methyl sites for hydroxylation is 1. The van der Waals surface area contributed by atoms with Crippen LogP contribution in [-0.4, -0.2) is 28.0 Å². The number of nitrogens with zero attached hydrogens (tertiary/aromatic N) is 2. The van der Waals surface area contributed by atoms with E-state index in [0.717, 1.165) is 10.2 Å². The first-order chi connectivity index (χ1) is 8.56. The molecule has 6 heteroatoms. The number of benzene rings is 1. The van der Waals surface area contributed by atoms with Gasteiger partial charge in [-0.15, -0.1) is 0 Å². The van der Waals surface area contributed by atoms with E-state index in [9.17, 15) is 4.79 Å². The van der Waals surface area contributed by atoms with E-state index in [4.69, 9.17) is 9.84 Å². The maximum absolute atomic E-state index is 11.2. The van der Waals surface area contributed by atoms with E-state index in [1.807, 2.05) is 24.3 Å². The van der Waals surface area contributed by atoms with E-state index in [0.29, 0.717) is 5.69 Å². The third-order valence-electron chi connectivity index (χ3n) is 2.51. The molecule has 0 fully saturated rings. The van der Waals surface area contributed by atoms with Gasteiger partial charge >= 0.3 is 5.97 Å². The number of hydrogen-bond acceptors (Lipinski definition) is 3. The minimum absolute atomic E-state index is 0.0771. The molecule has 94 valence electrons. The zero-order chi connectivity index (χ0) is 13.3. The molecule has 0 bridgehead atoms. The normalized spacial score (nSPS) is 10.4. The Morgan fingerprint density at radius 2 is 2.11 bits per heavy atom. The average molecular weight is 311 g/mol. The van der Waals surface area contributed by atoms with Crippen LogP contribution >= 0.6 is 15.9 Å². The van der Waals surface area contributed by atoms with Gasteiger partial charge in [0.05, 0.1) is 18.5 Å². The number of methoxy groups -OCH3 is 1. The highest BCUT2D eigenvalue weighted by Crippen LogP contribution is 2.29. The predicted octanol–water partition coefficient (Wildman–Crippen LogP) is 2.65. The molecule has 18 heavy (non-hydrogen) atoms. The van der Waals surface area contributed by atoms with Crippen LogP contribution in [0.4, 0.5) is 0 Å². The molecule has 0 atom stereocenters. The van der Waals surface area contributed by atoms with Crippen molar-refractivity contribution in [1.82, 2.24) is 9.78 Å². The zero-order valence-corrected chi connectivity index (χ0v) is 11.4. The molecule has 0 saturated carbocycles. The van der Waals surface area contributed by atoms with Gasteiger partial charge in [0.25, 0.3) is 0 Å². The topological polar surface area (TPSA) is 64.3 Å². The number of aromatic carboxylic acids is 1. The first-order valence-corrected chi connectivity index (χ1v) is 5.97. The van der Waals surface area contributed by atoms with E-state index in [1.54, 1.807) is 6.92 Å². The van der Waals surface area contributed by atoms with Crippen molar-refractivity contribution >= 4 is 21.9 Å². The molecule has 0 unspecified atom stereocenters. The van der Waals surface area contributed by atoms with Gasteiger partial charge in [0.1, 0.15) is 5.56 Å². The summed E-state index contributed by atoms with van der Waals surface area (Å²) in [5.41, 5.74) is 1.22. The second-order valence-corrected chi connectivity index (χ2v) is 4.49. The Hall–Kier alpha value is -1.82.